The Balaban J connectivity index is 1.99. The summed E-state index contributed by atoms with van der Waals surface area (Å²) in [6, 6.07) is 6.83. The molecule has 0 saturated heterocycles. The number of hydrogen-bond donors (Lipinski definition) is 1. The van der Waals surface area contributed by atoms with Gasteiger partial charge in [0.15, 0.2) is 11.5 Å². The highest BCUT2D eigenvalue weighted by Crippen LogP contribution is 2.23. The number of phenolic OH excluding ortho intramolecular Hbond substituents is 1. The number of ether oxygens (including phenoxy) is 3. The van der Waals surface area contributed by atoms with Gasteiger partial charge in [-0.15, -0.1) is 11.6 Å². The van der Waals surface area contributed by atoms with Crippen LogP contribution in [0.15, 0.2) is 24.3 Å². The minimum absolute atomic E-state index is 0.137. The lowest BCUT2D eigenvalue weighted by Crippen LogP contribution is -2.11. The van der Waals surface area contributed by atoms with E-state index in [0.717, 1.165) is 0 Å². The second kappa shape index (κ2) is 9.10. The van der Waals surface area contributed by atoms with Gasteiger partial charge in [-0.2, -0.15) is 0 Å². The molecule has 5 heteroatoms. The van der Waals surface area contributed by atoms with Crippen LogP contribution in [-0.2, 0) is 9.47 Å². The highest BCUT2D eigenvalue weighted by Gasteiger charge is 1.99. The summed E-state index contributed by atoms with van der Waals surface area (Å²) in [6.07, 6.45) is 0. The van der Waals surface area contributed by atoms with E-state index in [1.54, 1.807) is 24.3 Å². The van der Waals surface area contributed by atoms with E-state index < -0.39 is 0 Å². The van der Waals surface area contributed by atoms with E-state index in [4.69, 9.17) is 25.8 Å². The quantitative estimate of drug-likeness (QED) is 0.545. The smallest absolute Gasteiger partial charge is 0.161 e. The minimum Gasteiger partial charge on any atom is -0.504 e. The van der Waals surface area contributed by atoms with E-state index in [9.17, 15) is 5.11 Å². The van der Waals surface area contributed by atoms with Crippen molar-refractivity contribution < 1.29 is 19.3 Å². The number of rotatable bonds is 9. The average molecular weight is 261 g/mol. The lowest BCUT2D eigenvalue weighted by molar-refractivity contribution is 0.0407. The van der Waals surface area contributed by atoms with E-state index >= 15 is 0 Å². The van der Waals surface area contributed by atoms with E-state index in [1.165, 1.54) is 0 Å². The van der Waals surface area contributed by atoms with Gasteiger partial charge < -0.3 is 19.3 Å². The first-order valence-electron chi connectivity index (χ1n) is 5.47. The minimum atomic E-state index is 0.137. The molecule has 0 atom stereocenters. The summed E-state index contributed by atoms with van der Waals surface area (Å²) in [4.78, 5) is 0. The molecular formula is C12H17ClO4. The highest BCUT2D eigenvalue weighted by atomic mass is 35.5. The number of alkyl halides is 1. The second-order valence-electron chi connectivity index (χ2n) is 3.23. The molecule has 1 aromatic rings. The van der Waals surface area contributed by atoms with Crippen molar-refractivity contribution in [3.8, 4) is 11.5 Å². The fourth-order valence-corrected chi connectivity index (χ4v) is 1.28. The predicted octanol–water partition coefficient (Wildman–Crippen LogP) is 2.04. The maximum absolute atomic E-state index is 9.41. The molecule has 0 aliphatic carbocycles. The Labute approximate surface area is 106 Å². The third-order valence-electron chi connectivity index (χ3n) is 1.94. The number of para-hydroxylation sites is 2. The van der Waals surface area contributed by atoms with Crippen molar-refractivity contribution in [3.05, 3.63) is 24.3 Å². The summed E-state index contributed by atoms with van der Waals surface area (Å²) in [5, 5.41) is 9.41. The largest absolute Gasteiger partial charge is 0.504 e. The van der Waals surface area contributed by atoms with Gasteiger partial charge in [0.1, 0.15) is 6.61 Å². The Kier molecular flexibility index (Phi) is 7.54. The van der Waals surface area contributed by atoms with Crippen molar-refractivity contribution >= 4 is 11.6 Å². The zero-order valence-electron chi connectivity index (χ0n) is 9.60. The average Bonchev–Trinajstić information content (AvgIpc) is 2.35. The number of hydrogen-bond acceptors (Lipinski definition) is 4. The van der Waals surface area contributed by atoms with Gasteiger partial charge in [-0.25, -0.2) is 0 Å². The van der Waals surface area contributed by atoms with Gasteiger partial charge in [0.25, 0.3) is 0 Å². The molecule has 0 spiro atoms. The topological polar surface area (TPSA) is 47.9 Å². The Bertz CT molecular complexity index is 306. The third kappa shape index (κ3) is 6.36. The molecule has 0 unspecified atom stereocenters. The summed E-state index contributed by atoms with van der Waals surface area (Å²) >= 11 is 5.44. The zero-order chi connectivity index (χ0) is 12.3. The zero-order valence-corrected chi connectivity index (χ0v) is 10.4. The first-order chi connectivity index (χ1) is 8.34. The van der Waals surface area contributed by atoms with Gasteiger partial charge in [0.2, 0.25) is 0 Å². The van der Waals surface area contributed by atoms with Crippen molar-refractivity contribution in [2.24, 2.45) is 0 Å². The van der Waals surface area contributed by atoms with Crippen molar-refractivity contribution in [2.45, 2.75) is 0 Å². The number of phenols is 1. The van der Waals surface area contributed by atoms with Crippen molar-refractivity contribution in [1.82, 2.24) is 0 Å². The van der Waals surface area contributed by atoms with Gasteiger partial charge in [0.05, 0.1) is 26.4 Å². The molecule has 0 aliphatic heterocycles. The standard InChI is InChI=1S/C12H17ClO4/c13-5-6-15-7-8-16-9-10-17-12-4-2-1-3-11(12)14/h1-4,14H,5-10H2. The molecule has 1 rings (SSSR count). The van der Waals surface area contributed by atoms with Crippen molar-refractivity contribution in [1.29, 1.82) is 0 Å². The maximum Gasteiger partial charge on any atom is 0.161 e. The lowest BCUT2D eigenvalue weighted by Gasteiger charge is -2.08. The van der Waals surface area contributed by atoms with Gasteiger partial charge in [0, 0.05) is 5.88 Å². The van der Waals surface area contributed by atoms with Crippen LogP contribution in [-0.4, -0.2) is 44.0 Å². The molecular weight excluding hydrogens is 244 g/mol. The van der Waals surface area contributed by atoms with Crippen LogP contribution >= 0.6 is 11.6 Å². The van der Waals surface area contributed by atoms with Crippen LogP contribution in [0.2, 0.25) is 0 Å². The van der Waals surface area contributed by atoms with Gasteiger partial charge in [-0.1, -0.05) is 12.1 Å². The molecule has 0 amide bonds. The van der Waals surface area contributed by atoms with Crippen LogP contribution in [0.1, 0.15) is 0 Å². The van der Waals surface area contributed by atoms with Crippen LogP contribution < -0.4 is 4.74 Å². The van der Waals surface area contributed by atoms with Crippen molar-refractivity contribution in [2.75, 3.05) is 38.9 Å². The molecule has 0 radical (unpaired) electrons. The third-order valence-corrected chi connectivity index (χ3v) is 2.10. The summed E-state index contributed by atoms with van der Waals surface area (Å²) in [6.45, 7) is 2.44. The van der Waals surface area contributed by atoms with E-state index in [-0.39, 0.29) is 5.75 Å². The molecule has 0 saturated carbocycles. The molecule has 0 aliphatic rings. The number of aromatic hydroxyl groups is 1. The molecule has 0 bridgehead atoms. The molecule has 0 aromatic heterocycles. The van der Waals surface area contributed by atoms with Gasteiger partial charge in [-0.05, 0) is 12.1 Å². The number of halogens is 1. The highest BCUT2D eigenvalue weighted by molar-refractivity contribution is 6.17. The monoisotopic (exact) mass is 260 g/mol. The molecule has 0 heterocycles. The summed E-state index contributed by atoms with van der Waals surface area (Å²) in [5.74, 6) is 1.10. The lowest BCUT2D eigenvalue weighted by atomic mass is 10.3. The van der Waals surface area contributed by atoms with Crippen LogP contribution in [0.25, 0.3) is 0 Å². The van der Waals surface area contributed by atoms with Gasteiger partial charge in [-0.3, -0.25) is 0 Å². The van der Waals surface area contributed by atoms with E-state index in [1.807, 2.05) is 0 Å². The summed E-state index contributed by atoms with van der Waals surface area (Å²) < 4.78 is 15.7. The number of benzene rings is 1. The SMILES string of the molecule is Oc1ccccc1OCCOCCOCCCl. The fourth-order valence-electron chi connectivity index (χ4n) is 1.17. The first-order valence-corrected chi connectivity index (χ1v) is 6.00. The molecule has 1 aromatic carbocycles. The van der Waals surface area contributed by atoms with Crippen LogP contribution in [0.3, 0.4) is 0 Å². The van der Waals surface area contributed by atoms with Crippen LogP contribution in [0, 0.1) is 0 Å². The summed E-state index contributed by atoms with van der Waals surface area (Å²) in [7, 11) is 0. The second-order valence-corrected chi connectivity index (χ2v) is 3.61. The predicted molar refractivity (Wildman–Crippen MR) is 66.0 cm³/mol. The molecule has 17 heavy (non-hydrogen) atoms. The Morgan fingerprint density at radius 2 is 1.59 bits per heavy atom. The first kappa shape index (κ1) is 14.1. The van der Waals surface area contributed by atoms with Crippen molar-refractivity contribution in [3.63, 3.8) is 0 Å². The Morgan fingerprint density at radius 3 is 2.29 bits per heavy atom. The van der Waals surface area contributed by atoms with Gasteiger partial charge >= 0.3 is 0 Å². The fraction of sp³-hybridized carbons (Fsp3) is 0.500. The van der Waals surface area contributed by atoms with E-state index in [2.05, 4.69) is 0 Å². The Hall–Kier alpha value is -0.970. The van der Waals surface area contributed by atoms with E-state index in [0.29, 0.717) is 44.7 Å². The molecule has 96 valence electrons. The normalized spacial score (nSPS) is 10.4. The molecule has 1 N–H and O–H groups in total. The van der Waals surface area contributed by atoms with Crippen LogP contribution in [0.4, 0.5) is 0 Å². The van der Waals surface area contributed by atoms with Crippen LogP contribution in [0.5, 0.6) is 11.5 Å². The summed E-state index contributed by atoms with van der Waals surface area (Å²) in [5.41, 5.74) is 0. The molecule has 4 nitrogen and oxygen atoms in total. The maximum atomic E-state index is 9.41. The molecule has 0 fully saturated rings. The Morgan fingerprint density at radius 1 is 0.941 bits per heavy atom.